The molecule has 3 fully saturated rings. The third-order valence-corrected chi connectivity index (χ3v) is 8.14. The van der Waals surface area contributed by atoms with Gasteiger partial charge >= 0.3 is 0 Å². The van der Waals surface area contributed by atoms with E-state index in [9.17, 15) is 9.59 Å². The van der Waals surface area contributed by atoms with Crippen LogP contribution >= 0.6 is 0 Å². The molecule has 1 N–H and O–H groups in total. The predicted molar refractivity (Wildman–Crippen MR) is 133 cm³/mol. The lowest BCUT2D eigenvalue weighted by molar-refractivity contribution is -0.127. The van der Waals surface area contributed by atoms with Crippen LogP contribution in [0, 0.1) is 5.41 Å². The van der Waals surface area contributed by atoms with Gasteiger partial charge in [0, 0.05) is 50.7 Å². The van der Waals surface area contributed by atoms with Crippen molar-refractivity contribution in [2.24, 2.45) is 5.41 Å². The number of likely N-dealkylation sites (tertiary alicyclic amines) is 1. The zero-order valence-corrected chi connectivity index (χ0v) is 20.1. The van der Waals surface area contributed by atoms with E-state index in [-0.39, 0.29) is 23.1 Å². The summed E-state index contributed by atoms with van der Waals surface area (Å²) < 4.78 is 5.58. The minimum absolute atomic E-state index is 0.0297. The largest absolute Gasteiger partial charge is 0.496 e. The van der Waals surface area contributed by atoms with Crippen molar-refractivity contribution in [1.29, 1.82) is 0 Å². The molecule has 2 aromatic carbocycles. The number of hydrogen-bond acceptors (Lipinski definition) is 4. The van der Waals surface area contributed by atoms with Gasteiger partial charge in [-0.1, -0.05) is 30.3 Å². The first-order chi connectivity index (χ1) is 16.6. The Kier molecular flexibility index (Phi) is 6.48. The predicted octanol–water partition coefficient (Wildman–Crippen LogP) is 4.21. The van der Waals surface area contributed by atoms with Gasteiger partial charge in [0.1, 0.15) is 5.75 Å². The van der Waals surface area contributed by atoms with Crippen LogP contribution in [0.15, 0.2) is 48.5 Å². The van der Waals surface area contributed by atoms with Crippen LogP contribution in [0.25, 0.3) is 0 Å². The van der Waals surface area contributed by atoms with Crippen molar-refractivity contribution >= 4 is 17.5 Å². The van der Waals surface area contributed by atoms with Crippen LogP contribution in [0.4, 0.5) is 5.69 Å². The summed E-state index contributed by atoms with van der Waals surface area (Å²) >= 11 is 0. The maximum absolute atomic E-state index is 13.6. The molecule has 3 aliphatic heterocycles. The molecule has 1 spiro atoms. The lowest BCUT2D eigenvalue weighted by Gasteiger charge is -2.49. The summed E-state index contributed by atoms with van der Waals surface area (Å²) in [4.78, 5) is 30.4. The van der Waals surface area contributed by atoms with Crippen molar-refractivity contribution < 1.29 is 14.3 Å². The fraction of sp³-hybridized carbons (Fsp3) is 0.500. The van der Waals surface area contributed by atoms with E-state index in [0.29, 0.717) is 37.4 Å². The second-order valence-corrected chi connectivity index (χ2v) is 10.0. The van der Waals surface area contributed by atoms with Gasteiger partial charge in [-0.2, -0.15) is 0 Å². The molecule has 3 aliphatic rings. The molecule has 0 aliphatic carbocycles. The summed E-state index contributed by atoms with van der Waals surface area (Å²) in [6.07, 6.45) is 5.86. The number of piperidine rings is 3. The van der Waals surface area contributed by atoms with E-state index >= 15 is 0 Å². The zero-order chi connectivity index (χ0) is 23.5. The molecule has 34 heavy (non-hydrogen) atoms. The summed E-state index contributed by atoms with van der Waals surface area (Å²) in [5.74, 6) is 1.07. The van der Waals surface area contributed by atoms with Crippen molar-refractivity contribution in [2.45, 2.75) is 44.4 Å². The molecule has 0 radical (unpaired) electrons. The van der Waals surface area contributed by atoms with Gasteiger partial charge in [0.25, 0.3) is 5.91 Å². The minimum Gasteiger partial charge on any atom is -0.496 e. The number of methoxy groups -OCH3 is 1. The Balaban J connectivity index is 1.35. The van der Waals surface area contributed by atoms with Crippen LogP contribution in [-0.4, -0.2) is 56.5 Å². The highest BCUT2D eigenvalue weighted by molar-refractivity contribution is 5.98. The third-order valence-electron chi connectivity index (χ3n) is 8.14. The molecule has 6 heteroatoms. The molecule has 0 bridgehead atoms. The Bertz CT molecular complexity index is 1020. The van der Waals surface area contributed by atoms with E-state index < -0.39 is 0 Å². The monoisotopic (exact) mass is 461 g/mol. The molecule has 1 unspecified atom stereocenters. The van der Waals surface area contributed by atoms with Gasteiger partial charge in [0.15, 0.2) is 0 Å². The number of anilines is 1. The number of nitrogens with zero attached hydrogens (tertiary/aromatic N) is 2. The van der Waals surface area contributed by atoms with E-state index in [1.807, 2.05) is 23.1 Å². The molecule has 3 heterocycles. The van der Waals surface area contributed by atoms with Crippen LogP contribution in [0.2, 0.25) is 0 Å². The number of nitrogens with one attached hydrogen (secondary N) is 1. The Labute approximate surface area is 202 Å². The standard InChI is InChI=1S/C28H35N3O3/c1-34-25-11-10-22(30-14-6-3-7-15-30)18-23(25)27(33)31-16-12-28(13-17-31)19-26(32)29-20-24(28)21-8-4-2-5-9-21/h2,4-5,8-11,18,24H,3,6-7,12-17,19-20H2,1H3,(H,29,32). The Hall–Kier alpha value is -3.02. The van der Waals surface area contributed by atoms with Crippen molar-refractivity contribution in [2.75, 3.05) is 44.7 Å². The molecule has 3 saturated heterocycles. The molecule has 2 aromatic rings. The normalized spacial score (nSPS) is 22.4. The smallest absolute Gasteiger partial charge is 0.257 e. The Morgan fingerprint density at radius 1 is 1.00 bits per heavy atom. The van der Waals surface area contributed by atoms with E-state index in [0.717, 1.165) is 31.6 Å². The number of carbonyl (C=O) groups is 2. The third kappa shape index (κ3) is 4.38. The van der Waals surface area contributed by atoms with E-state index in [4.69, 9.17) is 4.74 Å². The Morgan fingerprint density at radius 3 is 2.44 bits per heavy atom. The maximum atomic E-state index is 13.6. The zero-order valence-electron chi connectivity index (χ0n) is 20.1. The van der Waals surface area contributed by atoms with E-state index in [1.54, 1.807) is 7.11 Å². The quantitative estimate of drug-likeness (QED) is 0.741. The highest BCUT2D eigenvalue weighted by atomic mass is 16.5. The number of rotatable bonds is 4. The lowest BCUT2D eigenvalue weighted by atomic mass is 9.62. The van der Waals surface area contributed by atoms with Crippen molar-refractivity contribution in [3.05, 3.63) is 59.7 Å². The number of amides is 2. The summed E-state index contributed by atoms with van der Waals surface area (Å²) in [6, 6.07) is 16.5. The highest BCUT2D eigenvalue weighted by Gasteiger charge is 2.47. The van der Waals surface area contributed by atoms with E-state index in [1.165, 1.54) is 24.8 Å². The van der Waals surface area contributed by atoms with Crippen molar-refractivity contribution in [3.8, 4) is 5.75 Å². The number of ether oxygens (including phenoxy) is 1. The summed E-state index contributed by atoms with van der Waals surface area (Å²) in [6.45, 7) is 4.06. The van der Waals surface area contributed by atoms with Gasteiger partial charge < -0.3 is 19.9 Å². The molecule has 2 amide bonds. The van der Waals surface area contributed by atoms with Crippen LogP contribution in [0.5, 0.6) is 5.75 Å². The van der Waals surface area contributed by atoms with Crippen molar-refractivity contribution in [3.63, 3.8) is 0 Å². The summed E-state index contributed by atoms with van der Waals surface area (Å²) in [5, 5.41) is 3.07. The molecule has 0 aromatic heterocycles. The van der Waals surface area contributed by atoms with Crippen LogP contribution < -0.4 is 15.0 Å². The SMILES string of the molecule is COc1ccc(N2CCCCC2)cc1C(=O)N1CCC2(CC1)CC(=O)NCC2c1ccccc1. The molecule has 180 valence electrons. The van der Waals surface area contributed by atoms with E-state index in [2.05, 4.69) is 40.5 Å². The molecular formula is C28H35N3O3. The van der Waals surface area contributed by atoms with Gasteiger partial charge in [-0.05, 0) is 61.3 Å². The number of benzene rings is 2. The Morgan fingerprint density at radius 2 is 1.74 bits per heavy atom. The highest BCUT2D eigenvalue weighted by Crippen LogP contribution is 2.49. The molecule has 1 atom stereocenters. The van der Waals surface area contributed by atoms with Crippen LogP contribution in [0.1, 0.15) is 60.4 Å². The molecule has 0 saturated carbocycles. The maximum Gasteiger partial charge on any atom is 0.257 e. The second-order valence-electron chi connectivity index (χ2n) is 10.0. The summed E-state index contributed by atoms with van der Waals surface area (Å²) in [7, 11) is 1.63. The van der Waals surface area contributed by atoms with Crippen LogP contribution in [-0.2, 0) is 4.79 Å². The first-order valence-corrected chi connectivity index (χ1v) is 12.6. The van der Waals surface area contributed by atoms with Gasteiger partial charge in [-0.25, -0.2) is 0 Å². The minimum atomic E-state index is -0.0970. The fourth-order valence-electron chi connectivity index (χ4n) is 6.16. The summed E-state index contributed by atoms with van der Waals surface area (Å²) in [5.41, 5.74) is 2.92. The molecule has 5 rings (SSSR count). The van der Waals surface area contributed by atoms with Gasteiger partial charge in [0.05, 0.1) is 12.7 Å². The molecule has 6 nitrogen and oxygen atoms in total. The second kappa shape index (κ2) is 9.69. The van der Waals surface area contributed by atoms with Gasteiger partial charge in [-0.3, -0.25) is 9.59 Å². The number of hydrogen-bond donors (Lipinski definition) is 1. The number of carbonyl (C=O) groups excluding carboxylic acids is 2. The average Bonchev–Trinajstić information content (AvgIpc) is 2.89. The first-order valence-electron chi connectivity index (χ1n) is 12.6. The van der Waals surface area contributed by atoms with Crippen LogP contribution in [0.3, 0.4) is 0 Å². The van der Waals surface area contributed by atoms with Crippen molar-refractivity contribution in [1.82, 2.24) is 10.2 Å². The topological polar surface area (TPSA) is 61.9 Å². The van der Waals surface area contributed by atoms with Gasteiger partial charge in [-0.15, -0.1) is 0 Å². The first kappa shape index (κ1) is 22.8. The van der Waals surface area contributed by atoms with Gasteiger partial charge in [0.2, 0.25) is 5.91 Å². The average molecular weight is 462 g/mol. The molecular weight excluding hydrogens is 426 g/mol. The lowest BCUT2D eigenvalue weighted by Crippen LogP contribution is -2.52. The fourth-order valence-corrected chi connectivity index (χ4v) is 6.16.